The summed E-state index contributed by atoms with van der Waals surface area (Å²) in [6.45, 7) is 3.31. The Morgan fingerprint density at radius 3 is 2.40 bits per heavy atom. The van der Waals surface area contributed by atoms with Gasteiger partial charge in [0.1, 0.15) is 0 Å². The maximum Gasteiger partial charge on any atom is 0.317 e. The van der Waals surface area contributed by atoms with E-state index in [0.29, 0.717) is 38.5 Å². The van der Waals surface area contributed by atoms with Gasteiger partial charge in [0, 0.05) is 25.2 Å². The summed E-state index contributed by atoms with van der Waals surface area (Å²) in [4.78, 5) is 25.1. The van der Waals surface area contributed by atoms with E-state index >= 15 is 0 Å². The Labute approximate surface area is 149 Å². The number of nitrogens with zero attached hydrogens (tertiary/aromatic N) is 1. The molecule has 1 saturated heterocycles. The van der Waals surface area contributed by atoms with E-state index in [9.17, 15) is 18.0 Å². The number of carbonyl (C=O) groups is 2. The number of ether oxygens (including phenoxy) is 1. The van der Waals surface area contributed by atoms with E-state index in [2.05, 4.69) is 10.0 Å². The monoisotopic (exact) mass is 375 g/mol. The van der Waals surface area contributed by atoms with Crippen molar-refractivity contribution in [2.45, 2.75) is 51.0 Å². The van der Waals surface area contributed by atoms with Gasteiger partial charge in [-0.3, -0.25) is 4.79 Å². The van der Waals surface area contributed by atoms with E-state index < -0.39 is 15.6 Å². The topological polar surface area (TPSA) is 105 Å². The molecule has 1 heterocycles. The molecule has 1 aliphatic heterocycles. The molecule has 0 atom stereocenters. The number of hydrogen-bond acceptors (Lipinski definition) is 5. The van der Waals surface area contributed by atoms with Gasteiger partial charge in [0.05, 0.1) is 19.3 Å². The maximum atomic E-state index is 12.2. The predicted octanol–water partition coefficient (Wildman–Crippen LogP) is 0.833. The van der Waals surface area contributed by atoms with Crippen LogP contribution < -0.4 is 10.0 Å². The Hall–Kier alpha value is -1.35. The lowest BCUT2D eigenvalue weighted by molar-refractivity contribution is -0.142. The molecule has 0 spiro atoms. The Bertz CT molecular complexity index is 581. The summed E-state index contributed by atoms with van der Waals surface area (Å²) < 4.78 is 31.1. The summed E-state index contributed by atoms with van der Waals surface area (Å²) in [5, 5.41) is 2.72. The molecule has 0 unspecified atom stereocenters. The molecule has 25 heavy (non-hydrogen) atoms. The second kappa shape index (κ2) is 8.35. The first kappa shape index (κ1) is 20.0. The van der Waals surface area contributed by atoms with Gasteiger partial charge in [0.25, 0.3) is 0 Å². The highest BCUT2D eigenvalue weighted by Gasteiger charge is 2.42. The van der Waals surface area contributed by atoms with Crippen molar-refractivity contribution >= 4 is 22.0 Å². The van der Waals surface area contributed by atoms with Crippen LogP contribution in [0.4, 0.5) is 4.79 Å². The maximum absolute atomic E-state index is 12.2. The fourth-order valence-corrected chi connectivity index (χ4v) is 4.44. The van der Waals surface area contributed by atoms with Crippen LogP contribution in [0.25, 0.3) is 0 Å². The van der Waals surface area contributed by atoms with Gasteiger partial charge in [-0.15, -0.1) is 0 Å². The number of nitrogens with one attached hydrogen (secondary N) is 2. The molecule has 2 rings (SSSR count). The summed E-state index contributed by atoms with van der Waals surface area (Å²) >= 11 is 0. The molecule has 1 aliphatic carbocycles. The van der Waals surface area contributed by atoms with Gasteiger partial charge in [-0.1, -0.05) is 12.8 Å². The minimum atomic E-state index is -3.29. The zero-order chi connectivity index (χ0) is 18.5. The molecule has 0 bridgehead atoms. The zero-order valence-electron chi connectivity index (χ0n) is 15.0. The molecule has 1 saturated carbocycles. The number of esters is 1. The van der Waals surface area contributed by atoms with Crippen LogP contribution in [0.5, 0.6) is 0 Å². The van der Waals surface area contributed by atoms with Crippen LogP contribution >= 0.6 is 0 Å². The number of hydrogen-bond donors (Lipinski definition) is 2. The second-order valence-electron chi connectivity index (χ2n) is 7.08. The summed E-state index contributed by atoms with van der Waals surface area (Å²) in [6.07, 6.45) is 5.73. The van der Waals surface area contributed by atoms with Crippen molar-refractivity contribution in [1.82, 2.24) is 14.9 Å². The van der Waals surface area contributed by atoms with E-state index in [1.807, 2.05) is 0 Å². The number of urea groups is 1. The molecule has 0 aromatic rings. The van der Waals surface area contributed by atoms with Crippen molar-refractivity contribution in [3.63, 3.8) is 0 Å². The molecule has 2 N–H and O–H groups in total. The normalized spacial score (nSPS) is 20.2. The van der Waals surface area contributed by atoms with Gasteiger partial charge in [-0.25, -0.2) is 17.9 Å². The lowest BCUT2D eigenvalue weighted by Gasteiger charge is -2.42. The standard InChI is InChI=1S/C16H29N3O5S/c1-3-24-14(20)6-9-17-15(21)19-10-7-16(8-11-19,12-13-4-5-13)18-25(2,22)23/h13,18H,3-12H2,1-2H3,(H,17,21). The second-order valence-corrected chi connectivity index (χ2v) is 8.82. The third-order valence-electron chi connectivity index (χ3n) is 4.70. The summed E-state index contributed by atoms with van der Waals surface area (Å²) in [7, 11) is -3.29. The largest absolute Gasteiger partial charge is 0.466 e. The summed E-state index contributed by atoms with van der Waals surface area (Å²) in [6, 6.07) is -0.219. The molecule has 2 amide bonds. The van der Waals surface area contributed by atoms with E-state index in [1.165, 1.54) is 6.26 Å². The van der Waals surface area contributed by atoms with E-state index in [1.54, 1.807) is 11.8 Å². The van der Waals surface area contributed by atoms with Gasteiger partial charge in [0.15, 0.2) is 0 Å². The highest BCUT2D eigenvalue weighted by Crippen LogP contribution is 2.40. The third-order valence-corrected chi connectivity index (χ3v) is 5.50. The molecule has 8 nitrogen and oxygen atoms in total. The Morgan fingerprint density at radius 1 is 1.24 bits per heavy atom. The van der Waals surface area contributed by atoms with Crippen molar-refractivity contribution in [1.29, 1.82) is 0 Å². The lowest BCUT2D eigenvalue weighted by atomic mass is 9.84. The van der Waals surface area contributed by atoms with Crippen molar-refractivity contribution in [2.24, 2.45) is 5.92 Å². The summed E-state index contributed by atoms with van der Waals surface area (Å²) in [5.41, 5.74) is -0.434. The van der Waals surface area contributed by atoms with Crippen LogP contribution in [-0.4, -0.2) is 63.4 Å². The van der Waals surface area contributed by atoms with Gasteiger partial charge >= 0.3 is 12.0 Å². The van der Waals surface area contributed by atoms with Gasteiger partial charge in [0.2, 0.25) is 10.0 Å². The average Bonchev–Trinajstić information content (AvgIpc) is 3.30. The number of amides is 2. The number of carbonyl (C=O) groups excluding carboxylic acids is 2. The quantitative estimate of drug-likeness (QED) is 0.612. The number of piperidine rings is 1. The number of rotatable bonds is 8. The van der Waals surface area contributed by atoms with Gasteiger partial charge < -0.3 is 15.0 Å². The minimum Gasteiger partial charge on any atom is -0.466 e. The average molecular weight is 375 g/mol. The SMILES string of the molecule is CCOC(=O)CCNC(=O)N1CCC(CC2CC2)(NS(C)(=O)=O)CC1. The van der Waals surface area contributed by atoms with Crippen LogP contribution in [0.1, 0.15) is 45.4 Å². The number of likely N-dealkylation sites (tertiary alicyclic amines) is 1. The Morgan fingerprint density at radius 2 is 1.88 bits per heavy atom. The van der Waals surface area contributed by atoms with E-state index in [4.69, 9.17) is 4.74 Å². The first-order valence-electron chi connectivity index (χ1n) is 8.90. The van der Waals surface area contributed by atoms with Crippen molar-refractivity contribution in [3.05, 3.63) is 0 Å². The first-order chi connectivity index (χ1) is 11.7. The smallest absolute Gasteiger partial charge is 0.317 e. The fourth-order valence-electron chi connectivity index (χ4n) is 3.37. The third kappa shape index (κ3) is 6.81. The molecule has 0 aromatic heterocycles. The van der Waals surface area contributed by atoms with Crippen LogP contribution in [-0.2, 0) is 19.6 Å². The van der Waals surface area contributed by atoms with Gasteiger partial charge in [-0.05, 0) is 32.1 Å². The van der Waals surface area contributed by atoms with Crippen LogP contribution in [0, 0.1) is 5.92 Å². The summed E-state index contributed by atoms with van der Waals surface area (Å²) in [5.74, 6) is 0.265. The molecule has 0 aromatic carbocycles. The fraction of sp³-hybridized carbons (Fsp3) is 0.875. The molecule has 9 heteroatoms. The Kier molecular flexibility index (Phi) is 6.67. The molecular formula is C16H29N3O5S. The first-order valence-corrected chi connectivity index (χ1v) is 10.8. The minimum absolute atomic E-state index is 0.147. The van der Waals surface area contributed by atoms with Crippen molar-refractivity contribution in [3.8, 4) is 0 Å². The van der Waals surface area contributed by atoms with E-state index in [0.717, 1.165) is 19.3 Å². The Balaban J connectivity index is 1.81. The molecule has 144 valence electrons. The molecular weight excluding hydrogens is 346 g/mol. The van der Waals surface area contributed by atoms with E-state index in [-0.39, 0.29) is 25.0 Å². The van der Waals surface area contributed by atoms with Crippen molar-refractivity contribution in [2.75, 3.05) is 32.5 Å². The molecule has 2 aliphatic rings. The highest BCUT2D eigenvalue weighted by atomic mass is 32.2. The lowest BCUT2D eigenvalue weighted by Crippen LogP contribution is -2.57. The van der Waals surface area contributed by atoms with Crippen LogP contribution in [0.15, 0.2) is 0 Å². The predicted molar refractivity (Wildman–Crippen MR) is 93.5 cm³/mol. The van der Waals surface area contributed by atoms with Gasteiger partial charge in [-0.2, -0.15) is 0 Å². The molecule has 2 fully saturated rings. The van der Waals surface area contributed by atoms with Crippen molar-refractivity contribution < 1.29 is 22.7 Å². The number of sulfonamides is 1. The highest BCUT2D eigenvalue weighted by molar-refractivity contribution is 7.88. The van der Waals surface area contributed by atoms with Crippen LogP contribution in [0.2, 0.25) is 0 Å². The molecule has 0 radical (unpaired) electrons. The zero-order valence-corrected chi connectivity index (χ0v) is 15.9. The van der Waals surface area contributed by atoms with Crippen LogP contribution in [0.3, 0.4) is 0 Å².